The minimum atomic E-state index is -2.26. The van der Waals surface area contributed by atoms with Gasteiger partial charge in [0.1, 0.15) is 0 Å². The lowest BCUT2D eigenvalue weighted by atomic mass is 9.75. The van der Waals surface area contributed by atoms with E-state index in [1.807, 2.05) is 0 Å². The molecule has 1 aliphatic rings. The smallest absolute Gasteiger partial charge is 0.339 e. The van der Waals surface area contributed by atoms with Crippen LogP contribution in [0.5, 0.6) is 0 Å². The van der Waals surface area contributed by atoms with Crippen LogP contribution < -0.4 is 0 Å². The van der Waals surface area contributed by atoms with Crippen molar-refractivity contribution < 1.29 is 38.8 Å². The van der Waals surface area contributed by atoms with Crippen LogP contribution in [0.2, 0.25) is 0 Å². The predicted molar refractivity (Wildman–Crippen MR) is 111 cm³/mol. The number of aliphatic hydroxyl groups excluding tert-OH is 1. The van der Waals surface area contributed by atoms with Gasteiger partial charge in [0.05, 0.1) is 38.8 Å². The van der Waals surface area contributed by atoms with Crippen LogP contribution in [0, 0.1) is 17.8 Å². The average Bonchev–Trinajstić information content (AvgIpc) is 2.62. The molecule has 30 heavy (non-hydrogen) atoms. The second kappa shape index (κ2) is 14.4. The highest BCUT2D eigenvalue weighted by molar-refractivity contribution is 5.90. The van der Waals surface area contributed by atoms with Crippen LogP contribution in [-0.2, 0) is 28.6 Å². The monoisotopic (exact) mass is 432 g/mol. The van der Waals surface area contributed by atoms with E-state index in [-0.39, 0.29) is 25.9 Å². The molecule has 1 fully saturated rings. The predicted octanol–water partition coefficient (Wildman–Crippen LogP) is 2.63. The fraction of sp³-hybridized carbons (Fsp3) is 0.864. The number of ether oxygens (including phenoxy) is 3. The molecule has 2 N–H and O–H groups in total. The van der Waals surface area contributed by atoms with E-state index in [0.717, 1.165) is 12.3 Å². The highest BCUT2D eigenvalue weighted by Gasteiger charge is 2.43. The Labute approximate surface area is 180 Å². The van der Waals surface area contributed by atoms with Gasteiger partial charge in [-0.2, -0.15) is 0 Å². The molecule has 0 bridgehead atoms. The molecular formula is C22H40O8. The quantitative estimate of drug-likeness (QED) is 0.421. The lowest BCUT2D eigenvalue weighted by Crippen LogP contribution is -2.44. The zero-order valence-corrected chi connectivity index (χ0v) is 19.3. The Morgan fingerprint density at radius 2 is 1.40 bits per heavy atom. The molecule has 8 nitrogen and oxygen atoms in total. The maximum absolute atomic E-state index is 11.7. The average molecular weight is 433 g/mol. The first-order valence-electron chi connectivity index (χ1n) is 10.9. The van der Waals surface area contributed by atoms with Crippen LogP contribution in [0.1, 0.15) is 73.6 Å². The second-order valence-corrected chi connectivity index (χ2v) is 8.11. The third-order valence-electron chi connectivity index (χ3n) is 5.13. The summed E-state index contributed by atoms with van der Waals surface area (Å²) in [5, 5.41) is 19.8. The molecule has 0 aromatic carbocycles. The lowest BCUT2D eigenvalue weighted by molar-refractivity contribution is -0.177. The first kappa shape index (κ1) is 28.3. The minimum Gasteiger partial charge on any atom is -0.466 e. The summed E-state index contributed by atoms with van der Waals surface area (Å²) in [5.74, 6) is -0.676. The van der Waals surface area contributed by atoms with Gasteiger partial charge in [-0.05, 0) is 51.4 Å². The number of esters is 3. The molecule has 0 amide bonds. The molecule has 8 heteroatoms. The van der Waals surface area contributed by atoms with Crippen molar-refractivity contribution in [1.29, 1.82) is 0 Å². The summed E-state index contributed by atoms with van der Waals surface area (Å²) in [6, 6.07) is 0. The van der Waals surface area contributed by atoms with Crippen molar-refractivity contribution in [3.63, 3.8) is 0 Å². The third-order valence-corrected chi connectivity index (χ3v) is 5.13. The molecule has 0 saturated heterocycles. The molecule has 1 aliphatic carbocycles. The fourth-order valence-corrected chi connectivity index (χ4v) is 3.53. The van der Waals surface area contributed by atoms with Crippen LogP contribution in [0.3, 0.4) is 0 Å². The van der Waals surface area contributed by atoms with E-state index in [1.54, 1.807) is 20.8 Å². The number of carbonyl (C=O) groups excluding carboxylic acids is 3. The number of hydrogen-bond acceptors (Lipinski definition) is 8. The van der Waals surface area contributed by atoms with E-state index < -0.39 is 36.4 Å². The largest absolute Gasteiger partial charge is 0.466 e. The summed E-state index contributed by atoms with van der Waals surface area (Å²) in [6.45, 7) is 11.6. The van der Waals surface area contributed by atoms with Crippen LogP contribution in [0.4, 0.5) is 0 Å². The summed E-state index contributed by atoms with van der Waals surface area (Å²) in [5.41, 5.74) is -2.26. The minimum absolute atomic E-state index is 0.0206. The highest BCUT2D eigenvalue weighted by atomic mass is 16.6. The highest BCUT2D eigenvalue weighted by Crippen LogP contribution is 2.33. The van der Waals surface area contributed by atoms with Gasteiger partial charge in [-0.1, -0.05) is 27.2 Å². The Hall–Kier alpha value is -1.67. The van der Waals surface area contributed by atoms with Crippen molar-refractivity contribution in [1.82, 2.24) is 0 Å². The third kappa shape index (κ3) is 10.4. The molecule has 0 unspecified atom stereocenters. The molecule has 176 valence electrons. The summed E-state index contributed by atoms with van der Waals surface area (Å²) >= 11 is 0. The SMILES string of the molecule is CC(C)[C@@H]1CC[C@@H](C)C[C@H]1O.CCOC(=O)CC(O)(CC(=O)OCC)C(=O)OCC. The van der Waals surface area contributed by atoms with Gasteiger partial charge in [0.2, 0.25) is 0 Å². The number of carbonyl (C=O) groups is 3. The molecule has 0 aromatic heterocycles. The first-order valence-corrected chi connectivity index (χ1v) is 10.9. The summed E-state index contributed by atoms with van der Waals surface area (Å²) in [4.78, 5) is 34.4. The van der Waals surface area contributed by atoms with Crippen molar-refractivity contribution in [3.8, 4) is 0 Å². The normalized spacial score (nSPS) is 21.3. The molecule has 0 aliphatic heterocycles. The van der Waals surface area contributed by atoms with Gasteiger partial charge in [0.15, 0.2) is 5.60 Å². The molecule has 1 rings (SSSR count). The number of hydrogen-bond donors (Lipinski definition) is 2. The molecular weight excluding hydrogens is 392 g/mol. The van der Waals surface area contributed by atoms with Crippen molar-refractivity contribution in [2.75, 3.05) is 19.8 Å². The molecule has 0 spiro atoms. The maximum atomic E-state index is 11.7. The first-order chi connectivity index (χ1) is 14.0. The topological polar surface area (TPSA) is 119 Å². The Kier molecular flexibility index (Phi) is 13.6. The van der Waals surface area contributed by atoms with Gasteiger partial charge in [-0.15, -0.1) is 0 Å². The second-order valence-electron chi connectivity index (χ2n) is 8.11. The summed E-state index contributed by atoms with van der Waals surface area (Å²) in [7, 11) is 0. The fourth-order valence-electron chi connectivity index (χ4n) is 3.53. The van der Waals surface area contributed by atoms with E-state index in [1.165, 1.54) is 12.8 Å². The van der Waals surface area contributed by atoms with Gasteiger partial charge < -0.3 is 24.4 Å². The van der Waals surface area contributed by atoms with Gasteiger partial charge in [0, 0.05) is 0 Å². The van der Waals surface area contributed by atoms with Gasteiger partial charge in [-0.3, -0.25) is 9.59 Å². The Morgan fingerprint density at radius 3 is 1.77 bits per heavy atom. The van der Waals surface area contributed by atoms with E-state index in [9.17, 15) is 24.6 Å². The van der Waals surface area contributed by atoms with E-state index in [0.29, 0.717) is 11.8 Å². The van der Waals surface area contributed by atoms with Crippen LogP contribution >= 0.6 is 0 Å². The molecule has 3 atom stereocenters. The van der Waals surface area contributed by atoms with Crippen molar-refractivity contribution in [2.45, 2.75) is 85.4 Å². The molecule has 0 heterocycles. The van der Waals surface area contributed by atoms with Gasteiger partial charge in [-0.25, -0.2) is 4.79 Å². The standard InChI is InChI=1S/C12H20O7.C10H20O/c1-4-17-9(13)7-12(16,11(15)19-6-3)8-10(14)18-5-2;1-7(2)9-5-4-8(3)6-10(9)11/h16H,4-8H2,1-3H3;7-11H,4-6H2,1-3H3/t;8-,9+,10-/m.1/s1. The molecule has 1 saturated carbocycles. The van der Waals surface area contributed by atoms with E-state index >= 15 is 0 Å². The van der Waals surface area contributed by atoms with Crippen LogP contribution in [0.15, 0.2) is 0 Å². The molecule has 0 radical (unpaired) electrons. The summed E-state index contributed by atoms with van der Waals surface area (Å²) in [6.07, 6.45) is 2.21. The number of rotatable bonds is 9. The van der Waals surface area contributed by atoms with Crippen LogP contribution in [-0.4, -0.2) is 59.6 Å². The zero-order valence-electron chi connectivity index (χ0n) is 19.3. The van der Waals surface area contributed by atoms with Crippen molar-refractivity contribution in [3.05, 3.63) is 0 Å². The van der Waals surface area contributed by atoms with E-state index in [2.05, 4.69) is 35.0 Å². The van der Waals surface area contributed by atoms with Crippen molar-refractivity contribution in [2.24, 2.45) is 17.8 Å². The van der Waals surface area contributed by atoms with Crippen molar-refractivity contribution >= 4 is 17.9 Å². The van der Waals surface area contributed by atoms with E-state index in [4.69, 9.17) is 0 Å². The maximum Gasteiger partial charge on any atom is 0.339 e. The lowest BCUT2D eigenvalue weighted by Gasteiger charge is -2.33. The van der Waals surface area contributed by atoms with Crippen LogP contribution in [0.25, 0.3) is 0 Å². The Balaban J connectivity index is 0.000000642. The van der Waals surface area contributed by atoms with Gasteiger partial charge >= 0.3 is 17.9 Å². The summed E-state index contributed by atoms with van der Waals surface area (Å²) < 4.78 is 14.0. The Bertz CT molecular complexity index is 511. The molecule has 0 aromatic rings. The van der Waals surface area contributed by atoms with Gasteiger partial charge in [0.25, 0.3) is 0 Å². The Morgan fingerprint density at radius 1 is 0.933 bits per heavy atom. The zero-order chi connectivity index (χ0) is 23.3. The number of aliphatic hydroxyl groups is 2.